The first-order valence-electron chi connectivity index (χ1n) is 8.01. The van der Waals surface area contributed by atoms with Crippen molar-refractivity contribution in [3.05, 3.63) is 70.7 Å². The Hall–Kier alpha value is -1.49. The van der Waals surface area contributed by atoms with Gasteiger partial charge in [0.25, 0.3) is 0 Å². The van der Waals surface area contributed by atoms with E-state index < -0.39 is 0 Å². The minimum Gasteiger partial charge on any atom is -0.378 e. The molecule has 3 rings (SSSR count). The minimum atomic E-state index is 0.119. The van der Waals surface area contributed by atoms with Gasteiger partial charge in [-0.05, 0) is 23.3 Å². The number of morpholine rings is 1. The number of hydrogen-bond donors (Lipinski definition) is 0. The maximum Gasteiger partial charge on any atom is 0.232 e. The third-order valence-corrected chi connectivity index (χ3v) is 5.56. The van der Waals surface area contributed by atoms with Crippen LogP contribution in [-0.2, 0) is 9.53 Å². The number of halogens is 1. The zero-order valence-electron chi connectivity index (χ0n) is 13.4. The van der Waals surface area contributed by atoms with E-state index in [4.69, 9.17) is 16.3 Å². The highest BCUT2D eigenvalue weighted by molar-refractivity contribution is 8.00. The van der Waals surface area contributed by atoms with Crippen LogP contribution in [-0.4, -0.2) is 42.9 Å². The van der Waals surface area contributed by atoms with Gasteiger partial charge in [-0.2, -0.15) is 0 Å². The van der Waals surface area contributed by atoms with Crippen LogP contribution in [0.3, 0.4) is 0 Å². The molecule has 1 unspecified atom stereocenters. The number of nitrogens with zero attached hydrogens (tertiary/aromatic N) is 1. The monoisotopic (exact) mass is 361 g/mol. The number of benzene rings is 2. The van der Waals surface area contributed by atoms with Gasteiger partial charge in [0.05, 0.1) is 24.2 Å². The van der Waals surface area contributed by atoms with E-state index in [1.54, 1.807) is 11.8 Å². The van der Waals surface area contributed by atoms with Crippen LogP contribution in [0.15, 0.2) is 54.6 Å². The van der Waals surface area contributed by atoms with Crippen molar-refractivity contribution in [3.8, 4) is 0 Å². The first kappa shape index (κ1) is 17.3. The standard InChI is InChI=1S/C19H20ClNO2S/c20-17-8-6-16(7-9-17)19(15-4-2-1-3-5-15)24-14-18(22)21-10-12-23-13-11-21/h1-9,19H,10-14H2. The molecule has 5 heteroatoms. The van der Waals surface area contributed by atoms with Gasteiger partial charge < -0.3 is 9.64 Å². The fourth-order valence-electron chi connectivity index (χ4n) is 2.71. The molecule has 1 atom stereocenters. The Kier molecular flexibility index (Phi) is 6.18. The topological polar surface area (TPSA) is 29.5 Å². The Balaban J connectivity index is 1.72. The third kappa shape index (κ3) is 4.53. The first-order valence-corrected chi connectivity index (χ1v) is 9.44. The lowest BCUT2D eigenvalue weighted by atomic mass is 10.0. The van der Waals surface area contributed by atoms with Crippen LogP contribution in [0.1, 0.15) is 16.4 Å². The van der Waals surface area contributed by atoms with Gasteiger partial charge in [-0.1, -0.05) is 54.1 Å². The van der Waals surface area contributed by atoms with E-state index in [2.05, 4.69) is 12.1 Å². The summed E-state index contributed by atoms with van der Waals surface area (Å²) < 4.78 is 5.31. The molecule has 0 radical (unpaired) electrons. The third-order valence-electron chi connectivity index (χ3n) is 4.01. The maximum absolute atomic E-state index is 12.4. The Labute approximate surface area is 151 Å². The SMILES string of the molecule is O=C(CSC(c1ccccc1)c1ccc(Cl)cc1)N1CCOCC1. The summed E-state index contributed by atoms with van der Waals surface area (Å²) in [5.74, 6) is 0.639. The van der Waals surface area contributed by atoms with Gasteiger partial charge in [0.1, 0.15) is 0 Å². The molecule has 2 aromatic rings. The van der Waals surface area contributed by atoms with Gasteiger partial charge in [-0.3, -0.25) is 4.79 Å². The molecule has 1 saturated heterocycles. The van der Waals surface area contributed by atoms with E-state index in [1.807, 2.05) is 47.4 Å². The first-order chi connectivity index (χ1) is 11.7. The van der Waals surface area contributed by atoms with Crippen LogP contribution in [0, 0.1) is 0 Å². The normalized spacial score (nSPS) is 16.0. The average Bonchev–Trinajstić information content (AvgIpc) is 2.65. The average molecular weight is 362 g/mol. The highest BCUT2D eigenvalue weighted by atomic mass is 35.5. The van der Waals surface area contributed by atoms with Crippen molar-refractivity contribution < 1.29 is 9.53 Å². The lowest BCUT2D eigenvalue weighted by Gasteiger charge is -2.27. The van der Waals surface area contributed by atoms with Crippen molar-refractivity contribution in [1.82, 2.24) is 4.90 Å². The van der Waals surface area contributed by atoms with Crippen molar-refractivity contribution >= 4 is 29.3 Å². The fourth-order valence-corrected chi connectivity index (χ4v) is 4.03. The second kappa shape index (κ2) is 8.56. The maximum atomic E-state index is 12.4. The fraction of sp³-hybridized carbons (Fsp3) is 0.316. The van der Waals surface area contributed by atoms with Crippen LogP contribution in [0.2, 0.25) is 5.02 Å². The molecule has 0 saturated carbocycles. The molecule has 1 heterocycles. The quantitative estimate of drug-likeness (QED) is 0.805. The molecule has 0 bridgehead atoms. The molecule has 1 aliphatic rings. The number of carbonyl (C=O) groups is 1. The zero-order chi connectivity index (χ0) is 16.8. The van der Waals surface area contributed by atoms with Crippen molar-refractivity contribution in [2.45, 2.75) is 5.25 Å². The van der Waals surface area contributed by atoms with Crippen LogP contribution in [0.25, 0.3) is 0 Å². The van der Waals surface area contributed by atoms with E-state index in [9.17, 15) is 4.79 Å². The number of rotatable bonds is 5. The van der Waals surface area contributed by atoms with Gasteiger partial charge in [-0.15, -0.1) is 11.8 Å². The largest absolute Gasteiger partial charge is 0.378 e. The van der Waals surface area contributed by atoms with Crippen LogP contribution >= 0.6 is 23.4 Å². The Morgan fingerprint density at radius 2 is 1.67 bits per heavy atom. The number of ether oxygens (including phenoxy) is 1. The van der Waals surface area contributed by atoms with E-state index in [0.29, 0.717) is 32.1 Å². The summed E-state index contributed by atoms with van der Waals surface area (Å²) in [5, 5.41) is 0.841. The Morgan fingerprint density at radius 1 is 1.04 bits per heavy atom. The summed E-state index contributed by atoms with van der Waals surface area (Å²) in [6.45, 7) is 2.65. The van der Waals surface area contributed by atoms with E-state index in [0.717, 1.165) is 10.6 Å². The van der Waals surface area contributed by atoms with Gasteiger partial charge in [-0.25, -0.2) is 0 Å². The van der Waals surface area contributed by atoms with E-state index >= 15 is 0 Å². The molecule has 2 aromatic carbocycles. The van der Waals surface area contributed by atoms with Crippen molar-refractivity contribution in [1.29, 1.82) is 0 Å². The summed E-state index contributed by atoms with van der Waals surface area (Å²) in [7, 11) is 0. The number of hydrogen-bond acceptors (Lipinski definition) is 3. The lowest BCUT2D eigenvalue weighted by Crippen LogP contribution is -2.41. The van der Waals surface area contributed by atoms with Crippen molar-refractivity contribution in [3.63, 3.8) is 0 Å². The molecular weight excluding hydrogens is 342 g/mol. The molecule has 24 heavy (non-hydrogen) atoms. The van der Waals surface area contributed by atoms with Gasteiger partial charge in [0.15, 0.2) is 0 Å². The highest BCUT2D eigenvalue weighted by Crippen LogP contribution is 2.36. The number of amides is 1. The van der Waals surface area contributed by atoms with Crippen LogP contribution < -0.4 is 0 Å². The van der Waals surface area contributed by atoms with Crippen molar-refractivity contribution in [2.75, 3.05) is 32.1 Å². The lowest BCUT2D eigenvalue weighted by molar-refractivity contribution is -0.132. The molecule has 0 spiro atoms. The Morgan fingerprint density at radius 3 is 2.33 bits per heavy atom. The summed E-state index contributed by atoms with van der Waals surface area (Å²) in [6, 6.07) is 18.1. The predicted octanol–water partition coefficient (Wildman–Crippen LogP) is 4.02. The summed E-state index contributed by atoms with van der Waals surface area (Å²) in [5.41, 5.74) is 2.35. The summed E-state index contributed by atoms with van der Waals surface area (Å²) in [4.78, 5) is 14.3. The molecule has 1 fully saturated rings. The van der Waals surface area contributed by atoms with Crippen molar-refractivity contribution in [2.24, 2.45) is 0 Å². The highest BCUT2D eigenvalue weighted by Gasteiger charge is 2.20. The molecule has 1 amide bonds. The summed E-state index contributed by atoms with van der Waals surface area (Å²) >= 11 is 7.67. The molecule has 126 valence electrons. The van der Waals surface area contributed by atoms with Gasteiger partial charge >= 0.3 is 0 Å². The molecule has 1 aliphatic heterocycles. The van der Waals surface area contributed by atoms with E-state index in [1.165, 1.54) is 5.56 Å². The van der Waals surface area contributed by atoms with E-state index in [-0.39, 0.29) is 11.2 Å². The second-order valence-electron chi connectivity index (χ2n) is 5.65. The minimum absolute atomic E-state index is 0.119. The zero-order valence-corrected chi connectivity index (χ0v) is 14.9. The Bertz CT molecular complexity index is 657. The predicted molar refractivity (Wildman–Crippen MR) is 99.6 cm³/mol. The molecule has 0 aromatic heterocycles. The summed E-state index contributed by atoms with van der Waals surface area (Å²) in [6.07, 6.45) is 0. The smallest absolute Gasteiger partial charge is 0.232 e. The van der Waals surface area contributed by atoms with Gasteiger partial charge in [0.2, 0.25) is 5.91 Å². The second-order valence-corrected chi connectivity index (χ2v) is 7.18. The van der Waals surface area contributed by atoms with Crippen LogP contribution in [0.5, 0.6) is 0 Å². The molecule has 3 nitrogen and oxygen atoms in total. The van der Waals surface area contributed by atoms with Crippen LogP contribution in [0.4, 0.5) is 0 Å². The molecule has 0 N–H and O–H groups in total. The number of carbonyl (C=O) groups excluding carboxylic acids is 1. The van der Waals surface area contributed by atoms with Gasteiger partial charge in [0, 0.05) is 18.1 Å². The molecular formula is C19H20ClNO2S. The number of thioether (sulfide) groups is 1. The molecule has 0 aliphatic carbocycles.